The lowest BCUT2D eigenvalue weighted by Gasteiger charge is -2.25. The summed E-state index contributed by atoms with van der Waals surface area (Å²) in [4.78, 5) is 1.95. The first-order valence-corrected chi connectivity index (χ1v) is 7.13. The molecule has 0 radical (unpaired) electrons. The highest BCUT2D eigenvalue weighted by atomic mass is 35.5. The third-order valence-corrected chi connectivity index (χ3v) is 4.46. The zero-order valence-electron chi connectivity index (χ0n) is 10.5. The van der Waals surface area contributed by atoms with Crippen LogP contribution in [0.1, 0.15) is 6.42 Å². The predicted octanol–water partition coefficient (Wildman–Crippen LogP) is 0.285. The summed E-state index contributed by atoms with van der Waals surface area (Å²) in [5, 5.41) is 0. The van der Waals surface area contributed by atoms with Crippen molar-refractivity contribution in [2.45, 2.75) is 6.42 Å². The van der Waals surface area contributed by atoms with Crippen LogP contribution in [0.5, 0.6) is 0 Å². The molecule has 0 N–H and O–H groups in total. The molecule has 0 saturated carbocycles. The zero-order chi connectivity index (χ0) is 12.8. The number of hydrogen-bond acceptors (Lipinski definition) is 3. The van der Waals surface area contributed by atoms with Crippen LogP contribution in [-0.2, 0) is 10.2 Å². The Morgan fingerprint density at radius 3 is 1.88 bits per heavy atom. The second-order valence-corrected chi connectivity index (χ2v) is 6.52. The molecule has 0 amide bonds. The molecule has 98 valence electrons. The van der Waals surface area contributed by atoms with Crippen molar-refractivity contribution in [3.05, 3.63) is 0 Å². The molecule has 0 atom stereocenters. The average Bonchev–Trinajstić information content (AvgIpc) is 2.21. The summed E-state index contributed by atoms with van der Waals surface area (Å²) < 4.78 is 26.6. The fourth-order valence-electron chi connectivity index (χ4n) is 1.09. The smallest absolute Gasteiger partial charge is 0.281 e. The molecule has 0 heterocycles. The fourth-order valence-corrected chi connectivity index (χ4v) is 2.36. The minimum absolute atomic E-state index is 0.456. The first-order chi connectivity index (χ1) is 7.32. The summed E-state index contributed by atoms with van der Waals surface area (Å²) in [6.45, 7) is 1.65. The summed E-state index contributed by atoms with van der Waals surface area (Å²) in [5.41, 5.74) is 0. The number of hydrogen-bond donors (Lipinski definition) is 0. The molecule has 0 aromatic heterocycles. The van der Waals surface area contributed by atoms with Gasteiger partial charge in [0, 0.05) is 39.6 Å². The normalized spacial score (nSPS) is 13.0. The zero-order valence-corrected chi connectivity index (χ0v) is 12.1. The molecule has 0 saturated heterocycles. The highest BCUT2D eigenvalue weighted by Crippen LogP contribution is 2.04. The maximum absolute atomic E-state index is 11.9. The van der Waals surface area contributed by atoms with Gasteiger partial charge in [-0.2, -0.15) is 17.0 Å². The molecule has 0 fully saturated rings. The van der Waals surface area contributed by atoms with Crippen molar-refractivity contribution in [3.63, 3.8) is 0 Å². The van der Waals surface area contributed by atoms with Crippen LogP contribution in [0.25, 0.3) is 0 Å². The third-order valence-electron chi connectivity index (χ3n) is 2.26. The van der Waals surface area contributed by atoms with Crippen molar-refractivity contribution in [1.29, 1.82) is 0 Å². The largest absolute Gasteiger partial charge is 0.308 e. The van der Waals surface area contributed by atoms with E-state index >= 15 is 0 Å². The Labute approximate surface area is 104 Å². The van der Waals surface area contributed by atoms with Gasteiger partial charge in [0.2, 0.25) is 0 Å². The highest BCUT2D eigenvalue weighted by molar-refractivity contribution is 7.86. The van der Waals surface area contributed by atoms with E-state index in [4.69, 9.17) is 11.6 Å². The maximum Gasteiger partial charge on any atom is 0.281 e. The topological polar surface area (TPSA) is 43.9 Å². The number of rotatable bonds is 8. The van der Waals surface area contributed by atoms with E-state index in [1.807, 2.05) is 19.0 Å². The highest BCUT2D eigenvalue weighted by Gasteiger charge is 2.22. The van der Waals surface area contributed by atoms with E-state index in [2.05, 4.69) is 0 Å². The quantitative estimate of drug-likeness (QED) is 0.596. The van der Waals surface area contributed by atoms with Crippen molar-refractivity contribution < 1.29 is 8.42 Å². The van der Waals surface area contributed by atoms with Crippen LogP contribution >= 0.6 is 11.6 Å². The molecule has 0 unspecified atom stereocenters. The molecule has 0 bridgehead atoms. The van der Waals surface area contributed by atoms with E-state index in [9.17, 15) is 8.42 Å². The number of alkyl halides is 1. The second kappa shape index (κ2) is 7.45. The Hall–Kier alpha value is 0.120. The lowest BCUT2D eigenvalue weighted by molar-refractivity contribution is 0.338. The lowest BCUT2D eigenvalue weighted by atomic mass is 10.5. The van der Waals surface area contributed by atoms with Crippen LogP contribution in [0.15, 0.2) is 0 Å². The molecular weight excluding hydrogens is 250 g/mol. The summed E-state index contributed by atoms with van der Waals surface area (Å²) in [6, 6.07) is 0. The number of halogens is 1. The van der Waals surface area contributed by atoms with Crippen molar-refractivity contribution in [1.82, 2.24) is 13.5 Å². The molecular formula is C9H22ClN3O2S. The fraction of sp³-hybridized carbons (Fsp3) is 1.00. The molecule has 0 aliphatic heterocycles. The molecule has 16 heavy (non-hydrogen) atoms. The first kappa shape index (κ1) is 16.1. The number of likely N-dealkylation sites (N-methyl/N-ethyl adjacent to an activating group) is 2. The minimum atomic E-state index is -3.33. The van der Waals surface area contributed by atoms with Crippen molar-refractivity contribution in [2.75, 3.05) is 53.7 Å². The Bertz CT molecular complexity index is 282. The second-order valence-electron chi connectivity index (χ2n) is 4.00. The maximum atomic E-state index is 11.9. The van der Waals surface area contributed by atoms with Crippen LogP contribution < -0.4 is 0 Å². The molecule has 0 aromatic rings. The molecule has 0 aliphatic carbocycles. The van der Waals surface area contributed by atoms with Gasteiger partial charge in [0.15, 0.2) is 0 Å². The van der Waals surface area contributed by atoms with Gasteiger partial charge in [-0.05, 0) is 20.5 Å². The summed E-state index contributed by atoms with van der Waals surface area (Å²) in [7, 11) is 3.67. The summed E-state index contributed by atoms with van der Waals surface area (Å²) in [5.74, 6) is 0.473. The summed E-state index contributed by atoms with van der Waals surface area (Å²) in [6.07, 6.45) is 0.665. The van der Waals surface area contributed by atoms with Gasteiger partial charge in [-0.1, -0.05) is 0 Å². The van der Waals surface area contributed by atoms with E-state index < -0.39 is 10.2 Å². The van der Waals surface area contributed by atoms with E-state index in [0.29, 0.717) is 31.9 Å². The molecule has 0 rings (SSSR count). The van der Waals surface area contributed by atoms with Crippen LogP contribution in [0.3, 0.4) is 0 Å². The number of nitrogens with zero attached hydrogens (tertiary/aromatic N) is 3. The molecule has 0 aromatic carbocycles. The van der Waals surface area contributed by atoms with Crippen molar-refractivity contribution >= 4 is 21.8 Å². The Kier molecular flexibility index (Phi) is 7.50. The van der Waals surface area contributed by atoms with Gasteiger partial charge in [0.1, 0.15) is 0 Å². The Morgan fingerprint density at radius 1 is 0.938 bits per heavy atom. The molecule has 0 spiro atoms. The van der Waals surface area contributed by atoms with Crippen molar-refractivity contribution in [3.8, 4) is 0 Å². The van der Waals surface area contributed by atoms with Crippen LogP contribution in [0, 0.1) is 0 Å². The van der Waals surface area contributed by atoms with Gasteiger partial charge in [0.25, 0.3) is 10.2 Å². The average molecular weight is 272 g/mol. The monoisotopic (exact) mass is 271 g/mol. The van der Waals surface area contributed by atoms with Gasteiger partial charge >= 0.3 is 0 Å². The molecule has 5 nitrogen and oxygen atoms in total. The van der Waals surface area contributed by atoms with Gasteiger partial charge in [-0.25, -0.2) is 0 Å². The summed E-state index contributed by atoms with van der Waals surface area (Å²) >= 11 is 5.54. The predicted molar refractivity (Wildman–Crippen MR) is 68.1 cm³/mol. The van der Waals surface area contributed by atoms with E-state index in [-0.39, 0.29) is 0 Å². The minimum Gasteiger partial charge on any atom is -0.308 e. The SMILES string of the molecule is CN(C)CCN(C)S(=O)(=O)N(C)CCCCl. The van der Waals surface area contributed by atoms with Gasteiger partial charge in [-0.15, -0.1) is 11.6 Å². The van der Waals surface area contributed by atoms with Gasteiger partial charge < -0.3 is 4.90 Å². The third kappa shape index (κ3) is 5.45. The van der Waals surface area contributed by atoms with E-state index in [1.165, 1.54) is 8.61 Å². The molecule has 7 heteroatoms. The van der Waals surface area contributed by atoms with Crippen LogP contribution in [0.4, 0.5) is 0 Å². The van der Waals surface area contributed by atoms with E-state index in [0.717, 1.165) is 0 Å². The standard InChI is InChI=1S/C9H22ClN3O2S/c1-11(2)8-9-13(4)16(14,15)12(3)7-5-6-10/h5-9H2,1-4H3. The Balaban J connectivity index is 4.29. The van der Waals surface area contributed by atoms with Crippen molar-refractivity contribution in [2.24, 2.45) is 0 Å². The molecule has 0 aliphatic rings. The van der Waals surface area contributed by atoms with Crippen LogP contribution in [0.2, 0.25) is 0 Å². The Morgan fingerprint density at radius 2 is 1.44 bits per heavy atom. The van der Waals surface area contributed by atoms with Crippen LogP contribution in [-0.4, -0.2) is 75.6 Å². The first-order valence-electron chi connectivity index (χ1n) is 5.20. The van der Waals surface area contributed by atoms with Gasteiger partial charge in [0.05, 0.1) is 0 Å². The van der Waals surface area contributed by atoms with Gasteiger partial charge in [-0.3, -0.25) is 0 Å². The van der Waals surface area contributed by atoms with E-state index in [1.54, 1.807) is 14.1 Å². The lowest BCUT2D eigenvalue weighted by Crippen LogP contribution is -2.42.